The molecular formula is C12H9ClF2N2OS. The molecule has 0 bridgehead atoms. The van der Waals surface area contributed by atoms with Crippen molar-refractivity contribution in [3.63, 3.8) is 0 Å². The van der Waals surface area contributed by atoms with Crippen LogP contribution >= 0.6 is 22.9 Å². The zero-order valence-electron chi connectivity index (χ0n) is 9.54. The van der Waals surface area contributed by atoms with Crippen molar-refractivity contribution in [1.82, 2.24) is 5.32 Å². The maximum absolute atomic E-state index is 13.4. The number of nitrogens with two attached hydrogens (primary N) is 1. The first-order valence-corrected chi connectivity index (χ1v) is 6.43. The number of anilines is 1. The van der Waals surface area contributed by atoms with E-state index in [0.29, 0.717) is 10.4 Å². The van der Waals surface area contributed by atoms with Gasteiger partial charge >= 0.3 is 0 Å². The molecule has 3 N–H and O–H groups in total. The van der Waals surface area contributed by atoms with Gasteiger partial charge in [0.05, 0.1) is 22.1 Å². The van der Waals surface area contributed by atoms with Crippen molar-refractivity contribution in [3.8, 4) is 0 Å². The molecule has 0 radical (unpaired) electrons. The van der Waals surface area contributed by atoms with Gasteiger partial charge in [-0.05, 0) is 18.2 Å². The fraction of sp³-hybridized carbons (Fsp3) is 0.0833. The molecule has 1 aromatic heterocycles. The van der Waals surface area contributed by atoms with Crippen LogP contribution in [0.25, 0.3) is 0 Å². The summed E-state index contributed by atoms with van der Waals surface area (Å²) in [6.45, 7) is 0.215. The first-order chi connectivity index (χ1) is 8.97. The van der Waals surface area contributed by atoms with E-state index < -0.39 is 17.5 Å². The number of amides is 1. The zero-order valence-corrected chi connectivity index (χ0v) is 11.1. The summed E-state index contributed by atoms with van der Waals surface area (Å²) < 4.78 is 27.0. The number of hydrogen-bond acceptors (Lipinski definition) is 3. The normalized spacial score (nSPS) is 10.5. The summed E-state index contributed by atoms with van der Waals surface area (Å²) in [6.07, 6.45) is 0. The molecule has 0 spiro atoms. The zero-order chi connectivity index (χ0) is 14.0. The molecule has 0 aliphatic carbocycles. The van der Waals surface area contributed by atoms with Crippen LogP contribution in [0, 0.1) is 11.6 Å². The molecular weight excluding hydrogens is 294 g/mol. The number of halogens is 3. The van der Waals surface area contributed by atoms with Crippen LogP contribution in [0.4, 0.5) is 14.5 Å². The average Bonchev–Trinajstić information content (AvgIpc) is 2.77. The van der Waals surface area contributed by atoms with Crippen LogP contribution in [0.3, 0.4) is 0 Å². The highest BCUT2D eigenvalue weighted by atomic mass is 35.5. The fourth-order valence-corrected chi connectivity index (χ4v) is 2.48. The molecule has 0 atom stereocenters. The number of rotatable bonds is 3. The van der Waals surface area contributed by atoms with Crippen LogP contribution in [-0.4, -0.2) is 5.91 Å². The lowest BCUT2D eigenvalue weighted by Gasteiger charge is -2.06. The van der Waals surface area contributed by atoms with Gasteiger partial charge in [0.15, 0.2) is 0 Å². The molecule has 0 aliphatic rings. The molecule has 3 nitrogen and oxygen atoms in total. The monoisotopic (exact) mass is 302 g/mol. The van der Waals surface area contributed by atoms with Gasteiger partial charge in [0.1, 0.15) is 11.6 Å². The smallest absolute Gasteiger partial charge is 0.254 e. The number of benzene rings is 1. The predicted molar refractivity (Wildman–Crippen MR) is 71.3 cm³/mol. The molecule has 1 heterocycles. The first kappa shape index (κ1) is 13.8. The number of hydrogen-bond donors (Lipinski definition) is 2. The van der Waals surface area contributed by atoms with Crippen molar-refractivity contribution in [1.29, 1.82) is 0 Å². The van der Waals surface area contributed by atoms with Gasteiger partial charge in [-0.3, -0.25) is 4.79 Å². The molecule has 1 amide bonds. The standard InChI is InChI=1S/C12H9ClF2N2OS/c13-11-2-1-6(19-11)5-17-12(18)7-3-10(16)9(15)4-8(7)14/h1-4H,5,16H2,(H,17,18). The Balaban J connectivity index is 2.10. The van der Waals surface area contributed by atoms with Gasteiger partial charge in [0, 0.05) is 10.9 Å². The van der Waals surface area contributed by atoms with Gasteiger partial charge in [0.2, 0.25) is 0 Å². The SMILES string of the molecule is Nc1cc(C(=O)NCc2ccc(Cl)s2)c(F)cc1F. The van der Waals surface area contributed by atoms with Crippen LogP contribution in [0.2, 0.25) is 4.34 Å². The largest absolute Gasteiger partial charge is 0.396 e. The van der Waals surface area contributed by atoms with Crippen molar-refractivity contribution < 1.29 is 13.6 Å². The van der Waals surface area contributed by atoms with E-state index in [2.05, 4.69) is 5.32 Å². The van der Waals surface area contributed by atoms with Crippen LogP contribution in [-0.2, 0) is 6.54 Å². The van der Waals surface area contributed by atoms with E-state index in [0.717, 1.165) is 10.9 Å². The third-order valence-corrected chi connectivity index (χ3v) is 3.61. The summed E-state index contributed by atoms with van der Waals surface area (Å²) in [5.41, 5.74) is 4.74. The minimum atomic E-state index is -0.951. The molecule has 7 heteroatoms. The Labute approximate surface area is 117 Å². The Bertz CT molecular complexity index is 630. The summed E-state index contributed by atoms with van der Waals surface area (Å²) in [6, 6.07) is 5.01. The van der Waals surface area contributed by atoms with Gasteiger partial charge in [0.25, 0.3) is 5.91 Å². The van der Waals surface area contributed by atoms with Crippen molar-refractivity contribution >= 4 is 34.5 Å². The van der Waals surface area contributed by atoms with Crippen molar-refractivity contribution in [2.24, 2.45) is 0 Å². The molecule has 0 saturated carbocycles. The Morgan fingerprint density at radius 1 is 1.32 bits per heavy atom. The molecule has 2 aromatic rings. The Morgan fingerprint density at radius 3 is 2.68 bits per heavy atom. The van der Waals surface area contributed by atoms with Crippen LogP contribution in [0.15, 0.2) is 24.3 Å². The minimum Gasteiger partial charge on any atom is -0.396 e. The van der Waals surface area contributed by atoms with Gasteiger partial charge < -0.3 is 11.1 Å². The van der Waals surface area contributed by atoms with Gasteiger partial charge in [-0.1, -0.05) is 11.6 Å². The molecule has 0 fully saturated rings. The highest BCUT2D eigenvalue weighted by molar-refractivity contribution is 7.16. The number of nitrogens with one attached hydrogen (secondary N) is 1. The molecule has 0 unspecified atom stereocenters. The number of thiophene rings is 1. The van der Waals surface area contributed by atoms with Crippen LogP contribution < -0.4 is 11.1 Å². The minimum absolute atomic E-state index is 0.215. The van der Waals surface area contributed by atoms with Crippen LogP contribution in [0.1, 0.15) is 15.2 Å². The fourth-order valence-electron chi connectivity index (χ4n) is 1.45. The van der Waals surface area contributed by atoms with Crippen molar-refractivity contribution in [2.75, 3.05) is 5.73 Å². The number of carbonyl (C=O) groups is 1. The Morgan fingerprint density at radius 2 is 2.05 bits per heavy atom. The van der Waals surface area contributed by atoms with E-state index in [1.165, 1.54) is 11.3 Å². The molecule has 100 valence electrons. The summed E-state index contributed by atoms with van der Waals surface area (Å²) >= 11 is 7.05. The third kappa shape index (κ3) is 3.21. The molecule has 0 saturated heterocycles. The second-order valence-electron chi connectivity index (χ2n) is 3.74. The van der Waals surface area contributed by atoms with E-state index in [4.69, 9.17) is 17.3 Å². The van der Waals surface area contributed by atoms with Crippen molar-refractivity contribution in [2.45, 2.75) is 6.54 Å². The summed E-state index contributed by atoms with van der Waals surface area (Å²) in [5.74, 6) is -2.50. The Kier molecular flexibility index (Phi) is 4.01. The summed E-state index contributed by atoms with van der Waals surface area (Å²) in [4.78, 5) is 12.6. The van der Waals surface area contributed by atoms with E-state index in [9.17, 15) is 13.6 Å². The van der Waals surface area contributed by atoms with E-state index in [1.54, 1.807) is 12.1 Å². The molecule has 2 rings (SSSR count). The van der Waals surface area contributed by atoms with Crippen molar-refractivity contribution in [3.05, 3.63) is 50.7 Å². The number of nitrogen functional groups attached to an aromatic ring is 1. The molecule has 0 aliphatic heterocycles. The lowest BCUT2D eigenvalue weighted by molar-refractivity contribution is 0.0947. The second-order valence-corrected chi connectivity index (χ2v) is 5.54. The molecule has 1 aromatic carbocycles. The lowest BCUT2D eigenvalue weighted by Crippen LogP contribution is -2.23. The lowest BCUT2D eigenvalue weighted by atomic mass is 10.1. The highest BCUT2D eigenvalue weighted by Crippen LogP contribution is 2.21. The third-order valence-electron chi connectivity index (χ3n) is 2.38. The highest BCUT2D eigenvalue weighted by Gasteiger charge is 2.14. The van der Waals surface area contributed by atoms with E-state index in [1.807, 2.05) is 0 Å². The van der Waals surface area contributed by atoms with Gasteiger partial charge in [-0.15, -0.1) is 11.3 Å². The van der Waals surface area contributed by atoms with Gasteiger partial charge in [-0.2, -0.15) is 0 Å². The second kappa shape index (κ2) is 5.54. The topological polar surface area (TPSA) is 55.1 Å². The number of carbonyl (C=O) groups excluding carboxylic acids is 1. The predicted octanol–water partition coefficient (Wildman–Crippen LogP) is 3.19. The average molecular weight is 303 g/mol. The Hall–Kier alpha value is -1.66. The quantitative estimate of drug-likeness (QED) is 0.856. The first-order valence-electron chi connectivity index (χ1n) is 5.24. The summed E-state index contributed by atoms with van der Waals surface area (Å²) in [7, 11) is 0. The summed E-state index contributed by atoms with van der Waals surface area (Å²) in [5, 5.41) is 2.51. The maximum Gasteiger partial charge on any atom is 0.254 e. The van der Waals surface area contributed by atoms with E-state index in [-0.39, 0.29) is 17.8 Å². The van der Waals surface area contributed by atoms with Gasteiger partial charge in [-0.25, -0.2) is 8.78 Å². The molecule has 19 heavy (non-hydrogen) atoms. The van der Waals surface area contributed by atoms with Crippen LogP contribution in [0.5, 0.6) is 0 Å². The maximum atomic E-state index is 13.4. The van der Waals surface area contributed by atoms with E-state index >= 15 is 0 Å².